The maximum Gasteiger partial charge on any atom is 0.326 e. The van der Waals surface area contributed by atoms with Crippen molar-refractivity contribution >= 4 is 118 Å². The van der Waals surface area contributed by atoms with Crippen LogP contribution in [0.4, 0.5) is 11.6 Å². The third-order valence-corrected chi connectivity index (χ3v) is 13.0. The first kappa shape index (κ1) is 65.5. The predicted molar refractivity (Wildman–Crippen MR) is 288 cm³/mol. The van der Waals surface area contributed by atoms with Crippen LogP contribution in [0, 0.1) is 0 Å². The molecule has 0 bridgehead atoms. The highest BCUT2D eigenvalue weighted by Crippen LogP contribution is 2.25. The normalized spacial score (nSPS) is 14.6. The summed E-state index contributed by atoms with van der Waals surface area (Å²) in [5.41, 5.74) is 16.5. The van der Waals surface area contributed by atoms with Crippen molar-refractivity contribution in [3.63, 3.8) is 0 Å². The van der Waals surface area contributed by atoms with Gasteiger partial charge in [0, 0.05) is 62.9 Å². The number of nitrogens with zero attached hydrogens (tertiary/aromatic N) is 5. The van der Waals surface area contributed by atoms with Crippen LogP contribution in [0.3, 0.4) is 0 Å². The number of carbonyl (C=O) groups is 13. The van der Waals surface area contributed by atoms with Crippen LogP contribution in [0.25, 0.3) is 11.2 Å². The second-order valence-electron chi connectivity index (χ2n) is 18.0. The minimum atomic E-state index is -2.07. The van der Waals surface area contributed by atoms with Crippen LogP contribution >= 0.6 is 11.8 Å². The average Bonchev–Trinajstić information content (AvgIpc) is 3.69. The molecule has 9 amide bonds. The van der Waals surface area contributed by atoms with E-state index in [-0.39, 0.29) is 79.8 Å². The third kappa shape index (κ3) is 21.5. The van der Waals surface area contributed by atoms with Gasteiger partial charge >= 0.3 is 23.9 Å². The van der Waals surface area contributed by atoms with Gasteiger partial charge in [-0.1, -0.05) is 0 Å². The summed E-state index contributed by atoms with van der Waals surface area (Å²) in [6.07, 6.45) is -4.07. The molecule has 3 heterocycles. The molecule has 448 valence electrons. The van der Waals surface area contributed by atoms with Crippen molar-refractivity contribution < 1.29 is 82.8 Å². The zero-order valence-corrected chi connectivity index (χ0v) is 44.9. The smallest absolute Gasteiger partial charge is 0.326 e. The average molecular weight is 1180 g/mol. The zero-order chi connectivity index (χ0) is 61.5. The topological polar surface area (TPSA) is 564 Å². The molecular weight excluding hydrogens is 1120 g/mol. The summed E-state index contributed by atoms with van der Waals surface area (Å²) >= 11 is 0.982. The number of nitrogens with two attached hydrogens (primary N) is 3. The molecule has 1 fully saturated rings. The number of nitrogens with one attached hydrogen (secondary N) is 9. The van der Waals surface area contributed by atoms with Crippen LogP contribution in [0.5, 0.6) is 0 Å². The number of anilines is 2. The summed E-state index contributed by atoms with van der Waals surface area (Å²) < 4.78 is 0. The number of carbonyl (C=O) groups excluding carboxylic acids is 9. The van der Waals surface area contributed by atoms with Crippen molar-refractivity contribution in [2.24, 2.45) is 16.5 Å². The molecule has 1 aromatic carbocycles. The summed E-state index contributed by atoms with van der Waals surface area (Å²) in [5, 5.41) is 56.5. The van der Waals surface area contributed by atoms with Crippen molar-refractivity contribution in [2.45, 2.75) is 99.8 Å². The van der Waals surface area contributed by atoms with Crippen molar-refractivity contribution in [2.75, 3.05) is 43.5 Å². The van der Waals surface area contributed by atoms with Crippen LogP contribution in [0.2, 0.25) is 0 Å². The van der Waals surface area contributed by atoms with Gasteiger partial charge in [0.2, 0.25) is 53.2 Å². The summed E-state index contributed by atoms with van der Waals surface area (Å²) in [5.74, 6) is -15.5. The Bertz CT molecular complexity index is 3050. The van der Waals surface area contributed by atoms with Gasteiger partial charge in [-0.3, -0.25) is 77.2 Å². The fourth-order valence-electron chi connectivity index (χ4n) is 7.63. The fraction of sp³-hybridized carbons (Fsp3) is 0.447. The summed E-state index contributed by atoms with van der Waals surface area (Å²) in [4.78, 5) is 197. The summed E-state index contributed by atoms with van der Waals surface area (Å²) in [7, 11) is 1.39. The zero-order valence-electron chi connectivity index (χ0n) is 44.1. The predicted octanol–water partition coefficient (Wildman–Crippen LogP) is -5.60. The first-order valence-electron chi connectivity index (χ1n) is 25.0. The van der Waals surface area contributed by atoms with Gasteiger partial charge in [-0.25, -0.2) is 14.8 Å². The molecular formula is C47H61N17O18S. The number of aromatic amines is 1. The lowest BCUT2D eigenvalue weighted by atomic mass is 10.1. The number of H-pyrrole nitrogens is 1. The largest absolute Gasteiger partial charge is 0.481 e. The molecule has 2 aromatic heterocycles. The number of nitrogen functional groups attached to an aromatic ring is 1. The number of carboxylic acid groups (broad SMARTS) is 4. The number of aliphatic imine (C=N–C) groups is 1. The lowest BCUT2D eigenvalue weighted by molar-refractivity contribution is -0.143. The maximum atomic E-state index is 13.8. The number of amides is 9. The number of hydrogen-bond donors (Lipinski definition) is 16. The van der Waals surface area contributed by atoms with E-state index in [4.69, 9.17) is 17.2 Å². The number of aromatic nitrogens is 4. The number of imide groups is 1. The van der Waals surface area contributed by atoms with Crippen LogP contribution in [0.15, 0.2) is 40.2 Å². The Balaban J connectivity index is 1.37. The highest BCUT2D eigenvalue weighted by Gasteiger charge is 2.39. The Labute approximate surface area is 472 Å². The van der Waals surface area contributed by atoms with Gasteiger partial charge in [0.05, 0.1) is 42.9 Å². The van der Waals surface area contributed by atoms with Gasteiger partial charge in [-0.15, -0.1) is 11.8 Å². The van der Waals surface area contributed by atoms with Gasteiger partial charge in [-0.05, 0) is 43.5 Å². The van der Waals surface area contributed by atoms with E-state index in [1.807, 2.05) is 0 Å². The van der Waals surface area contributed by atoms with E-state index in [1.54, 1.807) is 0 Å². The van der Waals surface area contributed by atoms with Crippen LogP contribution in [-0.2, 0) is 64.1 Å². The fourth-order valence-corrected chi connectivity index (χ4v) is 8.66. The van der Waals surface area contributed by atoms with E-state index in [0.29, 0.717) is 11.4 Å². The third-order valence-electron chi connectivity index (χ3n) is 11.8. The van der Waals surface area contributed by atoms with Gasteiger partial charge in [0.15, 0.2) is 17.1 Å². The quantitative estimate of drug-likeness (QED) is 0.0115. The minimum Gasteiger partial charge on any atom is -0.481 e. The van der Waals surface area contributed by atoms with Gasteiger partial charge in [0.1, 0.15) is 30.2 Å². The second-order valence-corrected chi connectivity index (χ2v) is 19.3. The van der Waals surface area contributed by atoms with E-state index in [1.165, 1.54) is 37.5 Å². The number of guanidine groups is 1. The van der Waals surface area contributed by atoms with Crippen molar-refractivity contribution in [1.29, 1.82) is 0 Å². The lowest BCUT2D eigenvalue weighted by Gasteiger charge is -2.25. The van der Waals surface area contributed by atoms with Crippen LogP contribution < -0.4 is 65.3 Å². The molecule has 3 aromatic rings. The van der Waals surface area contributed by atoms with E-state index in [9.17, 15) is 87.5 Å². The van der Waals surface area contributed by atoms with Gasteiger partial charge < -0.3 is 80.2 Å². The Morgan fingerprint density at radius 1 is 0.747 bits per heavy atom. The number of rotatable bonds is 34. The minimum absolute atomic E-state index is 0.00358. The Hall–Kier alpha value is -10.0. The summed E-state index contributed by atoms with van der Waals surface area (Å²) in [6.45, 7) is -0.450. The first-order valence-corrected chi connectivity index (χ1v) is 26.0. The molecule has 0 radical (unpaired) electrons. The molecule has 36 heteroatoms. The van der Waals surface area contributed by atoms with E-state index in [0.717, 1.165) is 16.7 Å². The number of hydrogen-bond acceptors (Lipinski definition) is 21. The summed E-state index contributed by atoms with van der Waals surface area (Å²) in [6, 6.07) is -3.72. The highest BCUT2D eigenvalue weighted by molar-refractivity contribution is 8.00. The molecule has 4 rings (SSSR count). The molecule has 1 aliphatic rings. The second kappa shape index (κ2) is 31.7. The van der Waals surface area contributed by atoms with Gasteiger partial charge in [0.25, 0.3) is 11.5 Å². The molecule has 0 saturated carbocycles. The molecule has 19 N–H and O–H groups in total. The highest BCUT2D eigenvalue weighted by atomic mass is 32.2. The number of aliphatic carboxylic acids is 4. The molecule has 1 saturated heterocycles. The Morgan fingerprint density at radius 2 is 1.34 bits per heavy atom. The van der Waals surface area contributed by atoms with Gasteiger partial charge in [-0.2, -0.15) is 4.98 Å². The van der Waals surface area contributed by atoms with E-state index < -0.39 is 157 Å². The number of benzene rings is 1. The number of thioether (sulfide) groups is 1. The standard InChI is InChI=1S/C47H61N17O18S/c1-51-30(65)10-13-64-32(67)18-29(44(64)80)83-14-12-52-39(75)26(15-33(68)69)60-42(78)28(17-35(72)73)61-40(76)24(3-2-11-53-46(48)49)58-41(77)27(16-34(70)71)57-31(66)9-8-25(45(81)82)59-38(74)21-4-6-22(7-5-21)54-19-23-20-55-37-36(56-23)43(79)63-47(50)62-37/h4-7,20,24-29,54H,2-3,8-19H2,1H3,(H,51,65)(H,52,75)(H,57,66)(H,58,77)(H,59,74)(H,60,78)(H,61,76)(H,68,69)(H,70,71)(H,72,73)(H,81,82)(H4,48,49,53)(H3,50,55,62,63,79)/t24-,25-,26-,27-,28-,29?/m0/s1. The molecule has 1 unspecified atom stereocenters. The Kier molecular flexibility index (Phi) is 25.0. The maximum absolute atomic E-state index is 13.8. The number of carboxylic acids is 4. The molecule has 1 aliphatic heterocycles. The monoisotopic (exact) mass is 1180 g/mol. The molecule has 6 atom stereocenters. The van der Waals surface area contributed by atoms with Crippen molar-refractivity contribution in [3.05, 3.63) is 52.1 Å². The van der Waals surface area contributed by atoms with Crippen molar-refractivity contribution in [1.82, 2.24) is 62.1 Å². The van der Waals surface area contributed by atoms with Crippen molar-refractivity contribution in [3.8, 4) is 0 Å². The molecule has 0 aliphatic carbocycles. The molecule has 83 heavy (non-hydrogen) atoms. The molecule has 35 nitrogen and oxygen atoms in total. The Morgan fingerprint density at radius 3 is 1.93 bits per heavy atom. The number of fused-ring (bicyclic) bond motifs is 1. The SMILES string of the molecule is CNC(=O)CCN1C(=O)CC(SCCNC(=O)[C@H](CC(=O)O)NC(=O)[C@H](CC(=O)O)NC(=O)[C@H](CCCN=C(N)N)NC(=O)[C@H](CC(=O)O)NC(=O)CC[C@H](NC(=O)c2ccc(NCc3cnc4nc(N)[nH]c(=O)c4n3)cc2)C(=O)O)C1=O. The van der Waals surface area contributed by atoms with Crippen LogP contribution in [-0.4, -0.2) is 196 Å². The number of likely N-dealkylation sites (tertiary alicyclic amines) is 1. The lowest BCUT2D eigenvalue weighted by Crippen LogP contribution is -2.59. The molecule has 0 spiro atoms. The first-order chi connectivity index (χ1) is 39.2. The van der Waals surface area contributed by atoms with Crippen LogP contribution in [0.1, 0.15) is 73.8 Å². The van der Waals surface area contributed by atoms with E-state index >= 15 is 0 Å². The van der Waals surface area contributed by atoms with E-state index in [2.05, 4.69) is 67.5 Å².